The zero-order chi connectivity index (χ0) is 10.4. The minimum absolute atomic E-state index is 0.106. The maximum atomic E-state index is 11.3. The first-order chi connectivity index (χ1) is 6.48. The lowest BCUT2D eigenvalue weighted by Crippen LogP contribution is -2.22. The highest BCUT2D eigenvalue weighted by Crippen LogP contribution is 2.53. The SMILES string of the molecule is N#CC(CC1(S(=O)(=O)Cl)CC1)C1CC1. The van der Waals surface area contributed by atoms with Crippen LogP contribution in [0.15, 0.2) is 0 Å². The van der Waals surface area contributed by atoms with Crippen molar-refractivity contribution in [3.8, 4) is 6.07 Å². The Hall–Kier alpha value is -0.270. The summed E-state index contributed by atoms with van der Waals surface area (Å²) in [5, 5.41) is 8.91. The van der Waals surface area contributed by atoms with Gasteiger partial charge in [0.1, 0.15) is 0 Å². The Balaban J connectivity index is 2.07. The van der Waals surface area contributed by atoms with E-state index in [9.17, 15) is 8.42 Å². The van der Waals surface area contributed by atoms with Crippen LogP contribution < -0.4 is 0 Å². The first-order valence-corrected chi connectivity index (χ1v) is 7.13. The van der Waals surface area contributed by atoms with Gasteiger partial charge in [-0.25, -0.2) is 8.42 Å². The molecule has 0 aromatic heterocycles. The van der Waals surface area contributed by atoms with Crippen molar-refractivity contribution in [2.45, 2.75) is 36.9 Å². The molecular formula is C9H12ClNO2S. The van der Waals surface area contributed by atoms with Gasteiger partial charge in [-0.15, -0.1) is 0 Å². The smallest absolute Gasteiger partial charge is 0.212 e. The van der Waals surface area contributed by atoms with E-state index < -0.39 is 13.8 Å². The van der Waals surface area contributed by atoms with Gasteiger partial charge in [0.2, 0.25) is 9.05 Å². The molecule has 1 unspecified atom stereocenters. The van der Waals surface area contributed by atoms with Gasteiger partial charge in [-0.3, -0.25) is 0 Å². The van der Waals surface area contributed by atoms with Crippen LogP contribution in [0.5, 0.6) is 0 Å². The molecule has 2 aliphatic carbocycles. The minimum Gasteiger partial charge on any atom is -0.212 e. The third-order valence-electron chi connectivity index (χ3n) is 3.27. The Labute approximate surface area is 88.5 Å². The van der Waals surface area contributed by atoms with E-state index in [0.717, 1.165) is 12.8 Å². The predicted octanol–water partition coefficient (Wildman–Crippen LogP) is 2.03. The van der Waals surface area contributed by atoms with Crippen LogP contribution in [0.25, 0.3) is 0 Å². The van der Waals surface area contributed by atoms with Gasteiger partial charge in [-0.2, -0.15) is 5.26 Å². The topological polar surface area (TPSA) is 57.9 Å². The van der Waals surface area contributed by atoms with Gasteiger partial charge < -0.3 is 0 Å². The van der Waals surface area contributed by atoms with Crippen molar-refractivity contribution >= 4 is 19.7 Å². The Morgan fingerprint density at radius 3 is 2.36 bits per heavy atom. The molecule has 0 bridgehead atoms. The standard InChI is InChI=1S/C9H12ClNO2S/c10-14(12,13)9(3-4-9)5-8(6-11)7-1-2-7/h7-8H,1-5H2. The van der Waals surface area contributed by atoms with Crippen molar-refractivity contribution in [2.75, 3.05) is 0 Å². The van der Waals surface area contributed by atoms with E-state index in [1.54, 1.807) is 0 Å². The van der Waals surface area contributed by atoms with Crippen molar-refractivity contribution in [3.63, 3.8) is 0 Å². The lowest BCUT2D eigenvalue weighted by Gasteiger charge is -2.14. The van der Waals surface area contributed by atoms with Gasteiger partial charge >= 0.3 is 0 Å². The molecule has 0 aliphatic heterocycles. The Morgan fingerprint density at radius 1 is 1.50 bits per heavy atom. The highest BCUT2D eigenvalue weighted by Gasteiger charge is 2.56. The second kappa shape index (κ2) is 3.11. The summed E-state index contributed by atoms with van der Waals surface area (Å²) in [4.78, 5) is 0. The Morgan fingerprint density at radius 2 is 2.07 bits per heavy atom. The van der Waals surface area contributed by atoms with Crippen LogP contribution in [-0.2, 0) is 9.05 Å². The van der Waals surface area contributed by atoms with Crippen LogP contribution >= 0.6 is 10.7 Å². The average Bonchev–Trinajstić information content (AvgIpc) is 2.92. The molecule has 0 spiro atoms. The van der Waals surface area contributed by atoms with Crippen molar-refractivity contribution in [2.24, 2.45) is 11.8 Å². The summed E-state index contributed by atoms with van der Waals surface area (Å²) >= 11 is 0. The Kier molecular flexibility index (Phi) is 2.28. The molecule has 0 radical (unpaired) electrons. The molecule has 2 rings (SSSR count). The maximum absolute atomic E-state index is 11.3. The van der Waals surface area contributed by atoms with Gasteiger partial charge in [0.25, 0.3) is 0 Å². The van der Waals surface area contributed by atoms with E-state index in [2.05, 4.69) is 6.07 Å². The van der Waals surface area contributed by atoms with E-state index >= 15 is 0 Å². The summed E-state index contributed by atoms with van der Waals surface area (Å²) in [6.07, 6.45) is 3.83. The van der Waals surface area contributed by atoms with E-state index in [1.807, 2.05) is 0 Å². The van der Waals surface area contributed by atoms with E-state index in [4.69, 9.17) is 15.9 Å². The second-order valence-electron chi connectivity index (χ2n) is 4.40. The zero-order valence-electron chi connectivity index (χ0n) is 7.74. The largest absolute Gasteiger partial charge is 0.238 e. The highest BCUT2D eigenvalue weighted by molar-refractivity contribution is 8.15. The molecule has 14 heavy (non-hydrogen) atoms. The minimum atomic E-state index is -3.48. The first-order valence-electron chi connectivity index (χ1n) is 4.82. The third kappa shape index (κ3) is 1.76. The van der Waals surface area contributed by atoms with Crippen LogP contribution in [0, 0.1) is 23.2 Å². The summed E-state index contributed by atoms with van der Waals surface area (Å²) < 4.78 is 21.8. The summed E-state index contributed by atoms with van der Waals surface area (Å²) in [5.74, 6) is 0.321. The molecule has 78 valence electrons. The molecule has 2 aliphatic rings. The summed E-state index contributed by atoms with van der Waals surface area (Å²) in [6, 6.07) is 2.21. The lowest BCUT2D eigenvalue weighted by atomic mass is 9.98. The molecule has 0 amide bonds. The highest BCUT2D eigenvalue weighted by atomic mass is 35.7. The van der Waals surface area contributed by atoms with E-state index in [-0.39, 0.29) is 5.92 Å². The summed E-state index contributed by atoms with van der Waals surface area (Å²) in [6.45, 7) is 0. The van der Waals surface area contributed by atoms with Crippen LogP contribution in [0.3, 0.4) is 0 Å². The molecule has 5 heteroatoms. The van der Waals surface area contributed by atoms with Gasteiger partial charge in [-0.05, 0) is 38.0 Å². The van der Waals surface area contributed by atoms with E-state index in [0.29, 0.717) is 25.2 Å². The first kappa shape index (κ1) is 10.3. The molecule has 0 saturated heterocycles. The van der Waals surface area contributed by atoms with Crippen molar-refractivity contribution in [3.05, 3.63) is 0 Å². The van der Waals surface area contributed by atoms with Gasteiger partial charge in [0.05, 0.1) is 16.7 Å². The van der Waals surface area contributed by atoms with Crippen LogP contribution in [-0.4, -0.2) is 13.2 Å². The number of nitriles is 1. The quantitative estimate of drug-likeness (QED) is 0.698. The van der Waals surface area contributed by atoms with Crippen LogP contribution in [0.1, 0.15) is 32.1 Å². The molecule has 0 aromatic carbocycles. The van der Waals surface area contributed by atoms with Gasteiger partial charge in [0, 0.05) is 10.7 Å². The van der Waals surface area contributed by atoms with Gasteiger partial charge in [0.15, 0.2) is 0 Å². The molecular weight excluding hydrogens is 222 g/mol. The van der Waals surface area contributed by atoms with Crippen molar-refractivity contribution in [1.29, 1.82) is 5.26 Å². The molecule has 2 saturated carbocycles. The van der Waals surface area contributed by atoms with Crippen molar-refractivity contribution < 1.29 is 8.42 Å². The fourth-order valence-corrected chi connectivity index (χ4v) is 3.52. The number of halogens is 1. The molecule has 1 atom stereocenters. The van der Waals surface area contributed by atoms with Gasteiger partial charge in [-0.1, -0.05) is 0 Å². The molecule has 3 nitrogen and oxygen atoms in total. The second-order valence-corrected chi connectivity index (χ2v) is 7.36. The summed E-state index contributed by atoms with van der Waals surface area (Å²) in [7, 11) is 1.90. The molecule has 2 fully saturated rings. The number of hydrogen-bond acceptors (Lipinski definition) is 3. The number of hydrogen-bond donors (Lipinski definition) is 0. The number of rotatable bonds is 4. The third-order valence-corrected chi connectivity index (χ3v) is 5.87. The Bertz CT molecular complexity index is 376. The lowest BCUT2D eigenvalue weighted by molar-refractivity contribution is 0.498. The predicted molar refractivity (Wildman–Crippen MR) is 53.2 cm³/mol. The number of nitrogens with zero attached hydrogens (tertiary/aromatic N) is 1. The van der Waals surface area contributed by atoms with Crippen LogP contribution in [0.4, 0.5) is 0 Å². The maximum Gasteiger partial charge on any atom is 0.238 e. The normalized spacial score (nSPS) is 26.6. The monoisotopic (exact) mass is 233 g/mol. The fraction of sp³-hybridized carbons (Fsp3) is 0.889. The van der Waals surface area contributed by atoms with Crippen molar-refractivity contribution in [1.82, 2.24) is 0 Å². The fourth-order valence-electron chi connectivity index (χ4n) is 1.90. The molecule has 0 heterocycles. The summed E-state index contributed by atoms with van der Waals surface area (Å²) in [5.41, 5.74) is 0. The molecule has 0 N–H and O–H groups in total. The van der Waals surface area contributed by atoms with E-state index in [1.165, 1.54) is 0 Å². The molecule has 0 aromatic rings. The van der Waals surface area contributed by atoms with Crippen LogP contribution in [0.2, 0.25) is 0 Å². The zero-order valence-corrected chi connectivity index (χ0v) is 9.31. The average molecular weight is 234 g/mol.